The summed E-state index contributed by atoms with van der Waals surface area (Å²) in [5.41, 5.74) is 1.42. The number of ether oxygens (including phenoxy) is 2. The van der Waals surface area contributed by atoms with E-state index < -0.39 is 18.0 Å². The van der Waals surface area contributed by atoms with Gasteiger partial charge in [-0.3, -0.25) is 0 Å². The fourth-order valence-electron chi connectivity index (χ4n) is 2.80. The number of aromatic nitrogens is 2. The molecule has 0 aliphatic carbocycles. The van der Waals surface area contributed by atoms with Crippen molar-refractivity contribution in [3.05, 3.63) is 46.7 Å². The van der Waals surface area contributed by atoms with Gasteiger partial charge in [0.1, 0.15) is 28.4 Å². The lowest BCUT2D eigenvalue weighted by Gasteiger charge is -2.18. The molecule has 0 unspecified atom stereocenters. The molecule has 0 amide bonds. The molecule has 2 aromatic carbocycles. The van der Waals surface area contributed by atoms with Gasteiger partial charge in [0, 0.05) is 17.2 Å². The van der Waals surface area contributed by atoms with E-state index in [1.165, 1.54) is 30.4 Å². The van der Waals surface area contributed by atoms with Gasteiger partial charge in [0.05, 0.1) is 28.8 Å². The zero-order chi connectivity index (χ0) is 24.1. The van der Waals surface area contributed by atoms with Crippen LogP contribution in [0.4, 0.5) is 4.39 Å². The minimum Gasteiger partial charge on any atom is -0.490 e. The van der Waals surface area contributed by atoms with E-state index in [2.05, 4.69) is 21.1 Å². The molecule has 0 spiro atoms. The normalized spacial score (nSPS) is 12.9. The molecule has 174 valence electrons. The number of rotatable bonds is 9. The van der Waals surface area contributed by atoms with Gasteiger partial charge in [0.25, 0.3) is 0 Å². The van der Waals surface area contributed by atoms with Crippen molar-refractivity contribution in [3.8, 4) is 38.7 Å². The van der Waals surface area contributed by atoms with Crippen LogP contribution < -0.4 is 14.3 Å². The third-order valence-electron chi connectivity index (χ3n) is 4.53. The van der Waals surface area contributed by atoms with E-state index in [0.717, 1.165) is 0 Å². The second-order valence-corrected chi connectivity index (χ2v) is 9.03. The minimum absolute atomic E-state index is 0.0610. The van der Waals surface area contributed by atoms with Crippen LogP contribution in [0.2, 0.25) is 5.02 Å². The Hall–Kier alpha value is -2.48. The smallest absolute Gasteiger partial charge is 0.165 e. The highest BCUT2D eigenvalue weighted by Gasteiger charge is 2.19. The molecule has 0 saturated carbocycles. The predicted octanol–water partition coefficient (Wildman–Crippen LogP) is 5.20. The molecule has 0 saturated heterocycles. The molecule has 0 bridgehead atoms. The quantitative estimate of drug-likeness (QED) is 0.381. The second kappa shape index (κ2) is 11.1. The highest BCUT2D eigenvalue weighted by atomic mass is 35.5. The average molecular weight is 511 g/mol. The van der Waals surface area contributed by atoms with Crippen LogP contribution in [0.3, 0.4) is 0 Å². The predicted molar refractivity (Wildman–Crippen MR) is 126 cm³/mol. The van der Waals surface area contributed by atoms with Gasteiger partial charge < -0.3 is 14.6 Å². The van der Waals surface area contributed by atoms with E-state index in [-0.39, 0.29) is 23.5 Å². The molecule has 7 nitrogen and oxygen atoms in total. The largest absolute Gasteiger partial charge is 0.490 e. The van der Waals surface area contributed by atoms with Crippen LogP contribution in [0, 0.1) is 17.1 Å². The number of halogens is 3. The van der Waals surface area contributed by atoms with E-state index in [1.54, 1.807) is 18.2 Å². The topological polar surface area (TPSA) is 100 Å². The van der Waals surface area contributed by atoms with Crippen LogP contribution in [0.15, 0.2) is 30.3 Å². The lowest BCUT2D eigenvalue weighted by Crippen LogP contribution is -2.38. The van der Waals surface area contributed by atoms with Crippen LogP contribution in [0.25, 0.3) is 21.1 Å². The Kier molecular flexibility index (Phi) is 8.46. The lowest BCUT2D eigenvalue weighted by atomic mass is 10.1. The van der Waals surface area contributed by atoms with Gasteiger partial charge in [0.2, 0.25) is 0 Å². The molecule has 11 heteroatoms. The first kappa shape index (κ1) is 25.1. The second-order valence-electron chi connectivity index (χ2n) is 7.43. The van der Waals surface area contributed by atoms with Crippen molar-refractivity contribution in [2.24, 2.45) is 0 Å². The van der Waals surface area contributed by atoms with Crippen LogP contribution in [0.5, 0.6) is 11.5 Å². The van der Waals surface area contributed by atoms with Crippen molar-refractivity contribution in [3.63, 3.8) is 0 Å². The highest BCUT2D eigenvalue weighted by Crippen LogP contribution is 2.38. The molecule has 33 heavy (non-hydrogen) atoms. The van der Waals surface area contributed by atoms with E-state index in [1.807, 2.05) is 13.8 Å². The summed E-state index contributed by atoms with van der Waals surface area (Å²) in [5.74, 6) is -0.235. The number of hydrogen-bond acceptors (Lipinski definition) is 8. The standard InChI is InChI=1S/C22H21Cl2FN4O3S/c1-11(2)32-19-5-4-13(6-14(19)9-26)21-28-29-22(33-21)15-7-17(25)20(8-16(15)23)31-10-18(27-24)12(3)30/h4-8,11-12,18,27,30H,10H2,1-3H3/t12-,18+/m0/s1. The third-order valence-corrected chi connectivity index (χ3v) is 6.13. The van der Waals surface area contributed by atoms with Crippen molar-refractivity contribution in [1.29, 1.82) is 5.26 Å². The number of aliphatic hydroxyl groups excluding tert-OH is 1. The summed E-state index contributed by atoms with van der Waals surface area (Å²) < 4.78 is 25.7. The van der Waals surface area contributed by atoms with Gasteiger partial charge in [0.15, 0.2) is 11.6 Å². The van der Waals surface area contributed by atoms with Crippen LogP contribution >= 0.6 is 34.7 Å². The zero-order valence-electron chi connectivity index (χ0n) is 18.0. The molecule has 1 heterocycles. The summed E-state index contributed by atoms with van der Waals surface area (Å²) in [7, 11) is 0. The molecule has 0 aliphatic rings. The van der Waals surface area contributed by atoms with Gasteiger partial charge in [-0.05, 0) is 56.8 Å². The number of nitrogens with one attached hydrogen (secondary N) is 1. The minimum atomic E-state index is -0.798. The Bertz CT molecular complexity index is 1170. The summed E-state index contributed by atoms with van der Waals surface area (Å²) in [5, 5.41) is 28.5. The molecular weight excluding hydrogens is 490 g/mol. The fourth-order valence-corrected chi connectivity index (χ4v) is 4.21. The molecular formula is C22H21Cl2FN4O3S. The van der Waals surface area contributed by atoms with Gasteiger partial charge in [-0.15, -0.1) is 10.2 Å². The van der Waals surface area contributed by atoms with Crippen LogP contribution in [-0.4, -0.2) is 40.2 Å². The first-order valence-corrected chi connectivity index (χ1v) is 11.5. The lowest BCUT2D eigenvalue weighted by molar-refractivity contribution is 0.122. The number of benzene rings is 2. The molecule has 2 atom stereocenters. The maximum Gasteiger partial charge on any atom is 0.165 e. The Balaban J connectivity index is 1.84. The Morgan fingerprint density at radius 3 is 2.55 bits per heavy atom. The first-order chi connectivity index (χ1) is 15.7. The molecule has 0 radical (unpaired) electrons. The monoisotopic (exact) mass is 510 g/mol. The van der Waals surface area contributed by atoms with Crippen LogP contribution in [0.1, 0.15) is 26.3 Å². The Morgan fingerprint density at radius 2 is 1.91 bits per heavy atom. The van der Waals surface area contributed by atoms with Crippen molar-refractivity contribution in [2.75, 3.05) is 6.61 Å². The zero-order valence-corrected chi connectivity index (χ0v) is 20.3. The SMILES string of the molecule is CC(C)Oc1ccc(-c2nnc(-c3cc(F)c(OC[C@@H](NCl)[C@H](C)O)cc3Cl)s2)cc1C#N. The first-order valence-electron chi connectivity index (χ1n) is 9.94. The van der Waals surface area contributed by atoms with E-state index in [4.69, 9.17) is 32.9 Å². The van der Waals surface area contributed by atoms with E-state index in [0.29, 0.717) is 32.5 Å². The molecule has 2 N–H and O–H groups in total. The summed E-state index contributed by atoms with van der Waals surface area (Å²) in [6.07, 6.45) is -0.864. The molecule has 3 aromatic rings. The summed E-state index contributed by atoms with van der Waals surface area (Å²) >= 11 is 13.1. The van der Waals surface area contributed by atoms with Crippen LogP contribution in [-0.2, 0) is 0 Å². The summed E-state index contributed by atoms with van der Waals surface area (Å²) in [4.78, 5) is 2.38. The average Bonchev–Trinajstić information content (AvgIpc) is 3.25. The number of nitriles is 1. The Morgan fingerprint density at radius 1 is 1.18 bits per heavy atom. The van der Waals surface area contributed by atoms with Crippen molar-refractivity contribution >= 4 is 34.7 Å². The van der Waals surface area contributed by atoms with Gasteiger partial charge >= 0.3 is 0 Å². The third kappa shape index (κ3) is 6.10. The highest BCUT2D eigenvalue weighted by molar-refractivity contribution is 7.18. The summed E-state index contributed by atoms with van der Waals surface area (Å²) in [6.45, 7) is 5.24. The number of aliphatic hydroxyl groups is 1. The van der Waals surface area contributed by atoms with Crippen molar-refractivity contribution in [1.82, 2.24) is 15.0 Å². The van der Waals surface area contributed by atoms with Crippen molar-refractivity contribution < 1.29 is 19.0 Å². The van der Waals surface area contributed by atoms with Crippen molar-refractivity contribution in [2.45, 2.75) is 39.0 Å². The molecule has 0 aliphatic heterocycles. The maximum atomic E-state index is 14.7. The number of nitrogens with zero attached hydrogens (tertiary/aromatic N) is 3. The fraction of sp³-hybridized carbons (Fsp3) is 0.318. The Labute approximate surface area is 204 Å². The summed E-state index contributed by atoms with van der Waals surface area (Å²) in [6, 6.07) is 9.25. The van der Waals surface area contributed by atoms with E-state index in [9.17, 15) is 14.8 Å². The molecule has 1 aromatic heterocycles. The maximum absolute atomic E-state index is 14.7. The number of hydrogen-bond donors (Lipinski definition) is 2. The molecule has 0 fully saturated rings. The van der Waals surface area contributed by atoms with E-state index >= 15 is 0 Å². The van der Waals surface area contributed by atoms with Gasteiger partial charge in [-0.2, -0.15) is 5.26 Å². The van der Waals surface area contributed by atoms with Gasteiger partial charge in [-0.25, -0.2) is 9.23 Å². The molecule has 3 rings (SSSR count). The van der Waals surface area contributed by atoms with Gasteiger partial charge in [-0.1, -0.05) is 22.9 Å².